The first-order chi connectivity index (χ1) is 8.24. The minimum atomic E-state index is -0.454. The molecule has 3 amide bonds. The van der Waals surface area contributed by atoms with Gasteiger partial charge < -0.3 is 5.32 Å². The Morgan fingerprint density at radius 1 is 1.00 bits per heavy atom. The van der Waals surface area contributed by atoms with Gasteiger partial charge in [0.25, 0.3) is 5.91 Å². The van der Waals surface area contributed by atoms with Gasteiger partial charge in [-0.2, -0.15) is 0 Å². The van der Waals surface area contributed by atoms with Crippen molar-refractivity contribution in [2.24, 2.45) is 0 Å². The summed E-state index contributed by atoms with van der Waals surface area (Å²) < 4.78 is 0. The Bertz CT molecular complexity index is 585. The molecule has 0 saturated carbocycles. The monoisotopic (exact) mass is 226 g/mol. The second-order valence-corrected chi connectivity index (χ2v) is 4.02. The van der Waals surface area contributed by atoms with Crippen LogP contribution in [0.2, 0.25) is 0 Å². The van der Waals surface area contributed by atoms with Crippen LogP contribution in [0.5, 0.6) is 0 Å². The van der Waals surface area contributed by atoms with Crippen molar-refractivity contribution in [3.63, 3.8) is 0 Å². The number of nitrogens with one attached hydrogen (secondary N) is 2. The van der Waals surface area contributed by atoms with E-state index in [-0.39, 0.29) is 5.91 Å². The third-order valence-electron chi connectivity index (χ3n) is 2.91. The summed E-state index contributed by atoms with van der Waals surface area (Å²) in [5.74, 6) is -0.353. The van der Waals surface area contributed by atoms with E-state index >= 15 is 0 Å². The van der Waals surface area contributed by atoms with Gasteiger partial charge in [0.05, 0.1) is 0 Å². The Labute approximate surface area is 98.0 Å². The fourth-order valence-corrected chi connectivity index (χ4v) is 2.08. The highest BCUT2D eigenvalue weighted by molar-refractivity contribution is 6.12. The summed E-state index contributed by atoms with van der Waals surface area (Å²) in [6.07, 6.45) is 4.50. The normalized spacial score (nSPS) is 22.1. The zero-order valence-corrected chi connectivity index (χ0v) is 8.99. The molecule has 1 heterocycles. The molecule has 1 aromatic rings. The van der Waals surface area contributed by atoms with Crippen LogP contribution < -0.4 is 10.6 Å². The Morgan fingerprint density at radius 2 is 1.82 bits per heavy atom. The van der Waals surface area contributed by atoms with Gasteiger partial charge in [-0.15, -0.1) is 0 Å². The molecule has 2 N–H and O–H groups in total. The molecule has 0 atom stereocenters. The Morgan fingerprint density at radius 3 is 2.59 bits per heavy atom. The first kappa shape index (κ1) is 9.84. The minimum absolute atomic E-state index is 0.353. The number of allylic oxidation sites excluding steroid dienone is 2. The van der Waals surface area contributed by atoms with Gasteiger partial charge in [0.2, 0.25) is 0 Å². The van der Waals surface area contributed by atoms with E-state index in [0.717, 1.165) is 16.7 Å². The van der Waals surface area contributed by atoms with Crippen LogP contribution in [0.25, 0.3) is 6.08 Å². The van der Waals surface area contributed by atoms with Gasteiger partial charge in [-0.1, -0.05) is 36.4 Å². The average Bonchev–Trinajstić information content (AvgIpc) is 2.68. The van der Waals surface area contributed by atoms with Crippen LogP contribution in [0.1, 0.15) is 11.1 Å². The van der Waals surface area contributed by atoms with E-state index < -0.39 is 6.03 Å². The number of amides is 3. The molecule has 17 heavy (non-hydrogen) atoms. The number of fused-ring (bicyclic) bond motifs is 1. The quantitative estimate of drug-likeness (QED) is 0.518. The van der Waals surface area contributed by atoms with Crippen molar-refractivity contribution in [1.82, 2.24) is 10.6 Å². The molecule has 1 aromatic carbocycles. The molecule has 2 aliphatic rings. The van der Waals surface area contributed by atoms with Crippen molar-refractivity contribution in [3.05, 3.63) is 52.7 Å². The summed E-state index contributed by atoms with van der Waals surface area (Å²) in [6.45, 7) is 0. The molecule has 0 spiro atoms. The van der Waals surface area contributed by atoms with Crippen molar-refractivity contribution in [2.45, 2.75) is 6.42 Å². The first-order valence-corrected chi connectivity index (χ1v) is 5.35. The number of urea groups is 1. The number of imide groups is 1. The minimum Gasteiger partial charge on any atom is -0.303 e. The van der Waals surface area contributed by atoms with Crippen molar-refractivity contribution in [1.29, 1.82) is 0 Å². The molecule has 1 fully saturated rings. The van der Waals surface area contributed by atoms with E-state index in [0.29, 0.717) is 12.1 Å². The largest absolute Gasteiger partial charge is 0.326 e. The summed E-state index contributed by atoms with van der Waals surface area (Å²) >= 11 is 0. The van der Waals surface area contributed by atoms with Gasteiger partial charge in [0.15, 0.2) is 0 Å². The average molecular weight is 226 g/mol. The molecule has 0 unspecified atom stereocenters. The van der Waals surface area contributed by atoms with Gasteiger partial charge >= 0.3 is 6.03 Å². The van der Waals surface area contributed by atoms with E-state index in [4.69, 9.17) is 0 Å². The molecule has 0 aromatic heterocycles. The third kappa shape index (κ3) is 1.63. The summed E-state index contributed by atoms with van der Waals surface area (Å²) in [6, 6.07) is 7.54. The van der Waals surface area contributed by atoms with Gasteiger partial charge in [-0.05, 0) is 16.7 Å². The summed E-state index contributed by atoms with van der Waals surface area (Å²) in [5.41, 5.74) is 3.51. The standard InChI is InChI=1S/C13H10N2O2/c16-12-11(14-13(17)15-12)10-6-5-8-3-1-2-4-9(8)7-10/h1-6H,7H2,(H2,14,15,16,17)/b11-10+. The number of rotatable bonds is 0. The van der Waals surface area contributed by atoms with Crippen LogP contribution in [-0.4, -0.2) is 11.9 Å². The Hall–Kier alpha value is -2.36. The van der Waals surface area contributed by atoms with Crippen LogP contribution in [0.15, 0.2) is 41.6 Å². The van der Waals surface area contributed by atoms with Crippen molar-refractivity contribution in [3.8, 4) is 0 Å². The second kappa shape index (κ2) is 3.59. The Balaban J connectivity index is 2.02. The predicted octanol–water partition coefficient (Wildman–Crippen LogP) is 1.35. The fourth-order valence-electron chi connectivity index (χ4n) is 2.08. The maximum atomic E-state index is 11.5. The lowest BCUT2D eigenvalue weighted by molar-refractivity contribution is -0.115. The molecule has 1 saturated heterocycles. The first-order valence-electron chi connectivity index (χ1n) is 5.35. The zero-order valence-electron chi connectivity index (χ0n) is 8.99. The lowest BCUT2D eigenvalue weighted by atomic mass is 9.93. The molecule has 1 aliphatic heterocycles. The van der Waals surface area contributed by atoms with Gasteiger partial charge in [-0.3, -0.25) is 10.1 Å². The SMILES string of the molecule is O=C1NC(=O)/C(=C2/C=Cc3ccccc3C2)N1. The molecule has 3 rings (SSSR count). The van der Waals surface area contributed by atoms with Crippen molar-refractivity contribution < 1.29 is 9.59 Å². The van der Waals surface area contributed by atoms with Gasteiger partial charge in [0, 0.05) is 6.42 Å². The number of benzene rings is 1. The number of carbonyl (C=O) groups is 2. The molecular weight excluding hydrogens is 216 g/mol. The highest BCUT2D eigenvalue weighted by atomic mass is 16.2. The van der Waals surface area contributed by atoms with E-state index in [1.165, 1.54) is 0 Å². The number of carbonyl (C=O) groups excluding carboxylic acids is 2. The summed E-state index contributed by atoms with van der Waals surface area (Å²) in [4.78, 5) is 22.6. The highest BCUT2D eigenvalue weighted by Crippen LogP contribution is 2.24. The van der Waals surface area contributed by atoms with Crippen molar-refractivity contribution in [2.75, 3.05) is 0 Å². The molecular formula is C13H10N2O2. The van der Waals surface area contributed by atoms with E-state index in [2.05, 4.69) is 10.6 Å². The molecule has 4 heteroatoms. The van der Waals surface area contributed by atoms with Gasteiger partial charge in [0.1, 0.15) is 5.70 Å². The Kier molecular flexibility index (Phi) is 2.08. The lowest BCUT2D eigenvalue weighted by Gasteiger charge is -2.13. The smallest absolute Gasteiger partial charge is 0.303 e. The summed E-state index contributed by atoms with van der Waals surface area (Å²) in [7, 11) is 0. The van der Waals surface area contributed by atoms with E-state index in [1.807, 2.05) is 36.4 Å². The van der Waals surface area contributed by atoms with E-state index in [1.54, 1.807) is 0 Å². The second-order valence-electron chi connectivity index (χ2n) is 4.02. The predicted molar refractivity (Wildman–Crippen MR) is 62.9 cm³/mol. The van der Waals surface area contributed by atoms with Crippen LogP contribution in [0, 0.1) is 0 Å². The van der Waals surface area contributed by atoms with Crippen LogP contribution in [0.4, 0.5) is 4.79 Å². The number of hydrogen-bond acceptors (Lipinski definition) is 2. The maximum Gasteiger partial charge on any atom is 0.326 e. The lowest BCUT2D eigenvalue weighted by Crippen LogP contribution is -2.22. The molecule has 0 bridgehead atoms. The molecule has 0 radical (unpaired) electrons. The van der Waals surface area contributed by atoms with Crippen LogP contribution >= 0.6 is 0 Å². The number of hydrogen-bond donors (Lipinski definition) is 2. The van der Waals surface area contributed by atoms with E-state index in [9.17, 15) is 9.59 Å². The molecule has 4 nitrogen and oxygen atoms in total. The zero-order chi connectivity index (χ0) is 11.8. The topological polar surface area (TPSA) is 58.2 Å². The highest BCUT2D eigenvalue weighted by Gasteiger charge is 2.26. The summed E-state index contributed by atoms with van der Waals surface area (Å²) in [5, 5.41) is 4.74. The van der Waals surface area contributed by atoms with Crippen LogP contribution in [0.3, 0.4) is 0 Å². The third-order valence-corrected chi connectivity index (χ3v) is 2.91. The van der Waals surface area contributed by atoms with Crippen LogP contribution in [-0.2, 0) is 11.2 Å². The maximum absolute atomic E-state index is 11.5. The van der Waals surface area contributed by atoms with Crippen molar-refractivity contribution >= 4 is 18.0 Å². The van der Waals surface area contributed by atoms with Gasteiger partial charge in [-0.25, -0.2) is 4.79 Å². The fraction of sp³-hybridized carbons (Fsp3) is 0.0769. The molecule has 84 valence electrons. The molecule has 1 aliphatic carbocycles.